The van der Waals surface area contributed by atoms with Gasteiger partial charge >= 0.3 is 5.97 Å². The predicted octanol–water partition coefficient (Wildman–Crippen LogP) is 2.15. The summed E-state index contributed by atoms with van der Waals surface area (Å²) < 4.78 is 5.05. The molecule has 0 saturated carbocycles. The van der Waals surface area contributed by atoms with E-state index in [1.165, 1.54) is 30.2 Å². The van der Waals surface area contributed by atoms with Gasteiger partial charge in [0.2, 0.25) is 0 Å². The molecule has 0 atom stereocenters. The van der Waals surface area contributed by atoms with Crippen molar-refractivity contribution in [3.05, 3.63) is 28.3 Å². The molecule has 0 bridgehead atoms. The van der Waals surface area contributed by atoms with E-state index in [0.29, 0.717) is 12.3 Å². The van der Waals surface area contributed by atoms with Gasteiger partial charge in [-0.05, 0) is 12.0 Å². The van der Waals surface area contributed by atoms with Crippen LogP contribution in [0.15, 0.2) is 18.2 Å². The Balaban J connectivity index is 3.27. The summed E-state index contributed by atoms with van der Waals surface area (Å²) >= 11 is 0. The topological polar surface area (TPSA) is 92.9 Å². The molecule has 0 fully saturated rings. The molecule has 1 aromatic rings. The van der Waals surface area contributed by atoms with Crippen molar-refractivity contribution < 1.29 is 19.6 Å². The van der Waals surface area contributed by atoms with E-state index in [2.05, 4.69) is 0 Å². The second kappa shape index (κ2) is 6.74. The summed E-state index contributed by atoms with van der Waals surface area (Å²) in [5.41, 5.74) is 0.123. The molecule has 0 aliphatic rings. The molecule has 0 aliphatic carbocycles. The highest BCUT2D eigenvalue weighted by Gasteiger charge is 2.22. The van der Waals surface area contributed by atoms with Gasteiger partial charge in [0.1, 0.15) is 18.0 Å². The lowest BCUT2D eigenvalue weighted by Crippen LogP contribution is -2.33. The molecule has 0 radical (unpaired) electrons. The Morgan fingerprint density at radius 1 is 1.50 bits per heavy atom. The molecule has 7 nitrogen and oxygen atoms in total. The number of nitro groups is 1. The van der Waals surface area contributed by atoms with E-state index in [1.54, 1.807) is 0 Å². The van der Waals surface area contributed by atoms with E-state index < -0.39 is 10.9 Å². The van der Waals surface area contributed by atoms with Crippen LogP contribution in [0.2, 0.25) is 0 Å². The van der Waals surface area contributed by atoms with Crippen molar-refractivity contribution in [2.75, 3.05) is 25.1 Å². The van der Waals surface area contributed by atoms with Crippen LogP contribution in [0.25, 0.3) is 0 Å². The third-order valence-corrected chi connectivity index (χ3v) is 2.63. The molecule has 7 heteroatoms. The molecule has 0 aliphatic heterocycles. The minimum Gasteiger partial charge on any atom is -0.497 e. The van der Waals surface area contributed by atoms with Crippen LogP contribution in [0.1, 0.15) is 13.8 Å². The van der Waals surface area contributed by atoms with Crippen LogP contribution < -0.4 is 9.64 Å². The monoisotopic (exact) mass is 282 g/mol. The maximum absolute atomic E-state index is 11.1. The van der Waals surface area contributed by atoms with E-state index in [-0.39, 0.29) is 23.8 Å². The average molecular weight is 282 g/mol. The van der Waals surface area contributed by atoms with Crippen LogP contribution in [0.3, 0.4) is 0 Å². The number of rotatable bonds is 7. The number of carbonyl (C=O) groups is 1. The number of hydrogen-bond donors (Lipinski definition) is 1. The Morgan fingerprint density at radius 2 is 2.15 bits per heavy atom. The Labute approximate surface area is 116 Å². The number of aliphatic carboxylic acids is 1. The molecule has 1 N–H and O–H groups in total. The smallest absolute Gasteiger partial charge is 0.323 e. The third-order valence-electron chi connectivity index (χ3n) is 2.63. The molecule has 0 unspecified atom stereocenters. The number of carboxylic acids is 1. The highest BCUT2D eigenvalue weighted by Crippen LogP contribution is 2.32. The molecule has 1 rings (SSSR count). The number of benzene rings is 1. The molecule has 20 heavy (non-hydrogen) atoms. The fourth-order valence-corrected chi connectivity index (χ4v) is 1.89. The molecule has 0 amide bonds. The largest absolute Gasteiger partial charge is 0.497 e. The quantitative estimate of drug-likeness (QED) is 0.608. The van der Waals surface area contributed by atoms with Crippen LogP contribution in [0, 0.1) is 16.0 Å². The summed E-state index contributed by atoms with van der Waals surface area (Å²) in [5.74, 6) is -0.423. The first-order chi connectivity index (χ1) is 9.35. The number of anilines is 1. The lowest BCUT2D eigenvalue weighted by atomic mass is 10.1. The highest BCUT2D eigenvalue weighted by molar-refractivity contribution is 5.76. The van der Waals surface area contributed by atoms with Gasteiger partial charge in [-0.15, -0.1) is 0 Å². The van der Waals surface area contributed by atoms with Crippen molar-refractivity contribution in [3.63, 3.8) is 0 Å². The molecule has 110 valence electrons. The summed E-state index contributed by atoms with van der Waals surface area (Å²) in [6, 6.07) is 4.29. The lowest BCUT2D eigenvalue weighted by molar-refractivity contribution is -0.384. The third kappa shape index (κ3) is 4.11. The first-order valence-electron chi connectivity index (χ1n) is 6.14. The Morgan fingerprint density at radius 3 is 2.60 bits per heavy atom. The molecule has 0 heterocycles. The minimum atomic E-state index is -1.04. The number of nitrogens with zero attached hydrogens (tertiary/aromatic N) is 2. The van der Waals surface area contributed by atoms with Gasteiger partial charge < -0.3 is 14.7 Å². The van der Waals surface area contributed by atoms with E-state index in [4.69, 9.17) is 9.84 Å². The van der Waals surface area contributed by atoms with Gasteiger partial charge in [-0.1, -0.05) is 13.8 Å². The maximum atomic E-state index is 11.1. The number of nitro benzene ring substituents is 1. The Bertz CT molecular complexity index is 502. The highest BCUT2D eigenvalue weighted by atomic mass is 16.6. The van der Waals surface area contributed by atoms with Crippen molar-refractivity contribution in [3.8, 4) is 5.75 Å². The standard InChI is InChI=1S/C13H18N2O5/c1-9(2)7-14(8-13(16)17)12-6-10(20-3)4-5-11(12)15(18)19/h4-6,9H,7-8H2,1-3H3,(H,16,17). The zero-order valence-electron chi connectivity index (χ0n) is 11.7. The molecular formula is C13H18N2O5. The van der Waals surface area contributed by atoms with Crippen LogP contribution in [-0.2, 0) is 4.79 Å². The molecule has 1 aromatic carbocycles. The van der Waals surface area contributed by atoms with E-state index in [9.17, 15) is 14.9 Å². The molecular weight excluding hydrogens is 264 g/mol. The first kappa shape index (κ1) is 15.7. The second-order valence-corrected chi connectivity index (χ2v) is 4.78. The van der Waals surface area contributed by atoms with Crippen LogP contribution in [0.4, 0.5) is 11.4 Å². The summed E-state index contributed by atoms with van der Waals surface area (Å²) in [4.78, 5) is 23.0. The molecule has 0 aromatic heterocycles. The summed E-state index contributed by atoms with van der Waals surface area (Å²) in [6.07, 6.45) is 0. The normalized spacial score (nSPS) is 10.4. The van der Waals surface area contributed by atoms with E-state index in [0.717, 1.165) is 0 Å². The molecule has 0 saturated heterocycles. The minimum absolute atomic E-state index is 0.132. The number of hydrogen-bond acceptors (Lipinski definition) is 5. The van der Waals surface area contributed by atoms with Crippen molar-refractivity contribution in [2.45, 2.75) is 13.8 Å². The van der Waals surface area contributed by atoms with Crippen molar-refractivity contribution >= 4 is 17.3 Å². The maximum Gasteiger partial charge on any atom is 0.323 e. The van der Waals surface area contributed by atoms with Crippen LogP contribution in [-0.4, -0.2) is 36.2 Å². The zero-order valence-corrected chi connectivity index (χ0v) is 11.7. The number of carboxylic acid groups (broad SMARTS) is 1. The van der Waals surface area contributed by atoms with Gasteiger partial charge in [0.05, 0.1) is 12.0 Å². The second-order valence-electron chi connectivity index (χ2n) is 4.78. The first-order valence-corrected chi connectivity index (χ1v) is 6.14. The van der Waals surface area contributed by atoms with Gasteiger partial charge in [0.15, 0.2) is 0 Å². The Kier molecular flexibility index (Phi) is 5.31. The van der Waals surface area contributed by atoms with Crippen molar-refractivity contribution in [1.82, 2.24) is 0 Å². The van der Waals surface area contributed by atoms with Crippen LogP contribution in [0.5, 0.6) is 5.75 Å². The van der Waals surface area contributed by atoms with E-state index in [1.807, 2.05) is 13.8 Å². The summed E-state index contributed by atoms with van der Waals surface area (Å²) in [5, 5.41) is 20.1. The van der Waals surface area contributed by atoms with Crippen molar-refractivity contribution in [2.24, 2.45) is 5.92 Å². The van der Waals surface area contributed by atoms with Gasteiger partial charge in [0.25, 0.3) is 5.69 Å². The van der Waals surface area contributed by atoms with E-state index >= 15 is 0 Å². The zero-order chi connectivity index (χ0) is 15.3. The van der Waals surface area contributed by atoms with Crippen LogP contribution >= 0.6 is 0 Å². The fraction of sp³-hybridized carbons (Fsp3) is 0.462. The van der Waals surface area contributed by atoms with Gasteiger partial charge in [-0.25, -0.2) is 0 Å². The van der Waals surface area contributed by atoms with Gasteiger partial charge in [-0.3, -0.25) is 14.9 Å². The summed E-state index contributed by atoms with van der Waals surface area (Å²) in [6.45, 7) is 3.94. The lowest BCUT2D eigenvalue weighted by Gasteiger charge is -2.24. The van der Waals surface area contributed by atoms with Gasteiger partial charge in [0, 0.05) is 18.7 Å². The predicted molar refractivity (Wildman–Crippen MR) is 74.3 cm³/mol. The average Bonchev–Trinajstić information content (AvgIpc) is 2.36. The number of methoxy groups -OCH3 is 1. The number of ether oxygens (including phenoxy) is 1. The molecule has 0 spiro atoms. The van der Waals surface area contributed by atoms with Crippen molar-refractivity contribution in [1.29, 1.82) is 0 Å². The Hall–Kier alpha value is -2.31. The fourth-order valence-electron chi connectivity index (χ4n) is 1.89. The van der Waals surface area contributed by atoms with Gasteiger partial charge in [-0.2, -0.15) is 0 Å². The SMILES string of the molecule is COc1ccc([N+](=O)[O-])c(N(CC(=O)O)CC(C)C)c1. The summed E-state index contributed by atoms with van der Waals surface area (Å²) in [7, 11) is 1.45.